The van der Waals surface area contributed by atoms with E-state index in [9.17, 15) is 9.59 Å². The SMILES string of the molecule is O=C(O)C(O)=CC(=O)c1cc(Cc2ccccc2)n[nH]1. The molecular weight excluding hydrogens is 260 g/mol. The summed E-state index contributed by atoms with van der Waals surface area (Å²) in [6, 6.07) is 11.1. The molecule has 2 aromatic rings. The van der Waals surface area contributed by atoms with E-state index in [0.717, 1.165) is 5.56 Å². The number of carbonyl (C=O) groups is 2. The van der Waals surface area contributed by atoms with E-state index in [2.05, 4.69) is 10.2 Å². The fourth-order valence-electron chi connectivity index (χ4n) is 1.65. The number of carboxylic acid groups (broad SMARTS) is 1. The van der Waals surface area contributed by atoms with Crippen LogP contribution in [0.15, 0.2) is 48.2 Å². The molecule has 20 heavy (non-hydrogen) atoms. The third kappa shape index (κ3) is 3.32. The summed E-state index contributed by atoms with van der Waals surface area (Å²) in [6.07, 6.45) is 1.20. The summed E-state index contributed by atoms with van der Waals surface area (Å²) in [6.45, 7) is 0. The zero-order valence-corrected chi connectivity index (χ0v) is 10.4. The number of H-pyrrole nitrogens is 1. The number of benzene rings is 1. The molecule has 2 rings (SSSR count). The summed E-state index contributed by atoms with van der Waals surface area (Å²) >= 11 is 0. The lowest BCUT2D eigenvalue weighted by Crippen LogP contribution is -2.04. The Balaban J connectivity index is 2.11. The average Bonchev–Trinajstić information content (AvgIpc) is 2.88. The molecule has 1 aromatic carbocycles. The molecule has 1 heterocycles. The summed E-state index contributed by atoms with van der Waals surface area (Å²) in [5.41, 5.74) is 1.83. The highest BCUT2D eigenvalue weighted by molar-refractivity contribution is 6.06. The van der Waals surface area contributed by atoms with Crippen LogP contribution >= 0.6 is 0 Å². The van der Waals surface area contributed by atoms with Gasteiger partial charge in [0.15, 0.2) is 0 Å². The molecule has 0 amide bonds. The Morgan fingerprint density at radius 1 is 1.20 bits per heavy atom. The average molecular weight is 272 g/mol. The summed E-state index contributed by atoms with van der Waals surface area (Å²) in [5.74, 6) is -3.20. The summed E-state index contributed by atoms with van der Waals surface area (Å²) in [5, 5.41) is 24.0. The van der Waals surface area contributed by atoms with Gasteiger partial charge < -0.3 is 10.2 Å². The minimum Gasteiger partial charge on any atom is -0.502 e. The molecule has 6 nitrogen and oxygen atoms in total. The van der Waals surface area contributed by atoms with Crippen LogP contribution in [-0.4, -0.2) is 32.2 Å². The maximum Gasteiger partial charge on any atom is 0.371 e. The third-order valence-electron chi connectivity index (χ3n) is 2.61. The van der Waals surface area contributed by atoms with E-state index >= 15 is 0 Å². The van der Waals surface area contributed by atoms with E-state index in [0.29, 0.717) is 18.2 Å². The molecule has 0 aliphatic carbocycles. The number of aliphatic carboxylic acids is 1. The van der Waals surface area contributed by atoms with Crippen LogP contribution in [-0.2, 0) is 11.2 Å². The fourth-order valence-corrected chi connectivity index (χ4v) is 1.65. The summed E-state index contributed by atoms with van der Waals surface area (Å²) < 4.78 is 0. The van der Waals surface area contributed by atoms with Crippen molar-refractivity contribution in [2.45, 2.75) is 6.42 Å². The van der Waals surface area contributed by atoms with Crippen LogP contribution in [0.1, 0.15) is 21.7 Å². The van der Waals surface area contributed by atoms with E-state index in [1.165, 1.54) is 6.07 Å². The van der Waals surface area contributed by atoms with E-state index < -0.39 is 17.5 Å². The van der Waals surface area contributed by atoms with E-state index in [1.807, 2.05) is 30.3 Å². The van der Waals surface area contributed by atoms with Crippen LogP contribution < -0.4 is 0 Å². The van der Waals surface area contributed by atoms with Gasteiger partial charge in [0.05, 0.1) is 5.69 Å². The van der Waals surface area contributed by atoms with Crippen LogP contribution in [0.3, 0.4) is 0 Å². The number of carboxylic acids is 1. The molecule has 0 bridgehead atoms. The Bertz CT molecular complexity index is 659. The maximum atomic E-state index is 11.7. The zero-order valence-electron chi connectivity index (χ0n) is 10.4. The predicted octanol–water partition coefficient (Wildman–Crippen LogP) is 1.71. The van der Waals surface area contributed by atoms with Crippen molar-refractivity contribution in [2.24, 2.45) is 0 Å². The molecule has 0 aliphatic rings. The van der Waals surface area contributed by atoms with Gasteiger partial charge in [0, 0.05) is 12.5 Å². The van der Waals surface area contributed by atoms with Crippen molar-refractivity contribution in [3.05, 3.63) is 65.2 Å². The largest absolute Gasteiger partial charge is 0.502 e. The molecule has 102 valence electrons. The normalized spacial score (nSPS) is 11.3. The van der Waals surface area contributed by atoms with Crippen LogP contribution in [0.4, 0.5) is 0 Å². The van der Waals surface area contributed by atoms with Crippen molar-refractivity contribution >= 4 is 11.8 Å². The van der Waals surface area contributed by atoms with Gasteiger partial charge in [-0.1, -0.05) is 30.3 Å². The van der Waals surface area contributed by atoms with Crippen LogP contribution in [0.5, 0.6) is 0 Å². The van der Waals surface area contributed by atoms with E-state index in [-0.39, 0.29) is 5.69 Å². The van der Waals surface area contributed by atoms with Gasteiger partial charge in [-0.05, 0) is 11.6 Å². The number of aliphatic hydroxyl groups is 1. The van der Waals surface area contributed by atoms with Crippen molar-refractivity contribution in [1.82, 2.24) is 10.2 Å². The number of allylic oxidation sites excluding steroid dienone is 1. The minimum atomic E-state index is -1.55. The van der Waals surface area contributed by atoms with Gasteiger partial charge in [-0.25, -0.2) is 4.79 Å². The van der Waals surface area contributed by atoms with Crippen molar-refractivity contribution < 1.29 is 19.8 Å². The molecular formula is C14H12N2O4. The number of ketones is 1. The molecule has 0 saturated heterocycles. The second-order valence-corrected chi connectivity index (χ2v) is 4.13. The van der Waals surface area contributed by atoms with Crippen LogP contribution in [0.2, 0.25) is 0 Å². The van der Waals surface area contributed by atoms with Gasteiger partial charge in [-0.2, -0.15) is 5.10 Å². The number of hydrogen-bond donors (Lipinski definition) is 3. The van der Waals surface area contributed by atoms with Gasteiger partial charge in [0.25, 0.3) is 0 Å². The Morgan fingerprint density at radius 2 is 1.90 bits per heavy atom. The van der Waals surface area contributed by atoms with Gasteiger partial charge in [-0.15, -0.1) is 0 Å². The standard InChI is InChI=1S/C14H12N2O4/c17-12(8-13(18)14(19)20)11-7-10(15-16-11)6-9-4-2-1-3-5-9/h1-5,7-8,18H,6H2,(H,15,16)(H,19,20). The Kier molecular flexibility index (Phi) is 3.95. The lowest BCUT2D eigenvalue weighted by atomic mass is 10.1. The smallest absolute Gasteiger partial charge is 0.371 e. The van der Waals surface area contributed by atoms with Gasteiger partial charge in [-0.3, -0.25) is 9.89 Å². The highest BCUT2D eigenvalue weighted by Gasteiger charge is 2.12. The molecule has 0 fully saturated rings. The fraction of sp³-hybridized carbons (Fsp3) is 0.0714. The second-order valence-electron chi connectivity index (χ2n) is 4.13. The molecule has 0 spiro atoms. The van der Waals surface area contributed by atoms with Crippen molar-refractivity contribution in [3.8, 4) is 0 Å². The first-order valence-corrected chi connectivity index (χ1v) is 5.83. The first kappa shape index (κ1) is 13.5. The summed E-state index contributed by atoms with van der Waals surface area (Å²) in [7, 11) is 0. The maximum absolute atomic E-state index is 11.7. The molecule has 6 heteroatoms. The summed E-state index contributed by atoms with van der Waals surface area (Å²) in [4.78, 5) is 22.1. The third-order valence-corrected chi connectivity index (χ3v) is 2.61. The highest BCUT2D eigenvalue weighted by Crippen LogP contribution is 2.09. The predicted molar refractivity (Wildman–Crippen MR) is 70.5 cm³/mol. The van der Waals surface area contributed by atoms with Gasteiger partial charge >= 0.3 is 5.97 Å². The molecule has 0 saturated carbocycles. The number of aliphatic hydroxyl groups excluding tert-OH is 1. The number of hydrogen-bond acceptors (Lipinski definition) is 4. The number of carbonyl (C=O) groups excluding carboxylic acids is 1. The minimum absolute atomic E-state index is 0.128. The topological polar surface area (TPSA) is 103 Å². The number of nitrogens with zero attached hydrogens (tertiary/aromatic N) is 1. The monoisotopic (exact) mass is 272 g/mol. The first-order chi connectivity index (χ1) is 9.56. The zero-order chi connectivity index (χ0) is 14.5. The Morgan fingerprint density at radius 3 is 2.55 bits per heavy atom. The van der Waals surface area contributed by atoms with Crippen LogP contribution in [0.25, 0.3) is 0 Å². The molecule has 0 atom stereocenters. The lowest BCUT2D eigenvalue weighted by Gasteiger charge is -1.95. The van der Waals surface area contributed by atoms with Crippen LogP contribution in [0, 0.1) is 0 Å². The van der Waals surface area contributed by atoms with E-state index in [1.54, 1.807) is 0 Å². The molecule has 0 aliphatic heterocycles. The Labute approximate surface area is 114 Å². The van der Waals surface area contributed by atoms with E-state index in [4.69, 9.17) is 10.2 Å². The molecule has 0 radical (unpaired) electrons. The number of aromatic nitrogens is 2. The quantitative estimate of drug-likeness (QED) is 0.436. The first-order valence-electron chi connectivity index (χ1n) is 5.83. The lowest BCUT2D eigenvalue weighted by molar-refractivity contribution is -0.135. The van der Waals surface area contributed by atoms with Gasteiger partial charge in [0.1, 0.15) is 5.69 Å². The molecule has 1 aromatic heterocycles. The second kappa shape index (κ2) is 5.83. The highest BCUT2D eigenvalue weighted by atomic mass is 16.4. The molecule has 0 unspecified atom stereocenters. The molecule has 3 N–H and O–H groups in total. The van der Waals surface area contributed by atoms with Crippen molar-refractivity contribution in [3.63, 3.8) is 0 Å². The number of aromatic amines is 1. The van der Waals surface area contributed by atoms with Crippen molar-refractivity contribution in [1.29, 1.82) is 0 Å². The van der Waals surface area contributed by atoms with Crippen molar-refractivity contribution in [2.75, 3.05) is 0 Å². The van der Waals surface area contributed by atoms with Gasteiger partial charge in [0.2, 0.25) is 11.5 Å². The number of nitrogens with one attached hydrogen (secondary N) is 1. The number of rotatable bonds is 5. The Hall–Kier alpha value is -2.89.